The number of methoxy groups -OCH3 is 1. The molecule has 0 aliphatic heterocycles. The first-order chi connectivity index (χ1) is 9.01. The van der Waals surface area contributed by atoms with Gasteiger partial charge in [0.25, 0.3) is 5.88 Å². The molecule has 1 aromatic carbocycles. The zero-order valence-corrected chi connectivity index (χ0v) is 13.0. The molecule has 0 saturated carbocycles. The molecule has 3 nitrogen and oxygen atoms in total. The van der Waals surface area contributed by atoms with Gasteiger partial charge in [-0.2, -0.15) is 0 Å². The number of ether oxygens (including phenoxy) is 2. The van der Waals surface area contributed by atoms with Gasteiger partial charge in [0.05, 0.1) is 7.11 Å². The van der Waals surface area contributed by atoms with Crippen molar-refractivity contribution in [1.82, 2.24) is 4.98 Å². The summed E-state index contributed by atoms with van der Waals surface area (Å²) in [7, 11) is 1.61. The Morgan fingerprint density at radius 3 is 2.26 bits per heavy atom. The molecule has 1 heterocycles. The van der Waals surface area contributed by atoms with Gasteiger partial charge in [-0.05, 0) is 56.2 Å². The van der Waals surface area contributed by atoms with Crippen LogP contribution in [0.2, 0.25) is 0 Å². The lowest BCUT2D eigenvalue weighted by Gasteiger charge is -2.14. The Hall–Kier alpha value is -1.55. The van der Waals surface area contributed by atoms with Crippen LogP contribution < -0.4 is 9.47 Å². The van der Waals surface area contributed by atoms with Gasteiger partial charge in [0, 0.05) is 10.2 Å². The Morgan fingerprint density at radius 2 is 1.68 bits per heavy atom. The Balaban J connectivity index is 2.44. The molecule has 2 rings (SSSR count). The van der Waals surface area contributed by atoms with E-state index < -0.39 is 0 Å². The lowest BCUT2D eigenvalue weighted by atomic mass is 10.1. The van der Waals surface area contributed by atoms with E-state index in [0.29, 0.717) is 11.6 Å². The van der Waals surface area contributed by atoms with Gasteiger partial charge in [-0.25, -0.2) is 4.98 Å². The summed E-state index contributed by atoms with van der Waals surface area (Å²) in [4.78, 5) is 4.38. The molecular formula is C15H16BrNO2. The summed E-state index contributed by atoms with van der Waals surface area (Å²) in [6.45, 7) is 5.94. The van der Waals surface area contributed by atoms with Crippen LogP contribution in [0, 0.1) is 20.8 Å². The second-order valence-electron chi connectivity index (χ2n) is 4.43. The molecule has 0 unspecified atom stereocenters. The fourth-order valence-corrected chi connectivity index (χ4v) is 2.59. The van der Waals surface area contributed by atoms with E-state index in [-0.39, 0.29) is 0 Å². The van der Waals surface area contributed by atoms with Gasteiger partial charge >= 0.3 is 0 Å². The highest BCUT2D eigenvalue weighted by Gasteiger charge is 2.12. The predicted molar refractivity (Wildman–Crippen MR) is 79.2 cm³/mol. The summed E-state index contributed by atoms with van der Waals surface area (Å²) in [6, 6.07) is 7.80. The number of hydrogen-bond acceptors (Lipinski definition) is 3. The highest BCUT2D eigenvalue weighted by Crippen LogP contribution is 2.34. The highest BCUT2D eigenvalue weighted by molar-refractivity contribution is 9.10. The maximum absolute atomic E-state index is 5.94. The molecule has 100 valence electrons. The third kappa shape index (κ3) is 3.07. The summed E-state index contributed by atoms with van der Waals surface area (Å²) in [5, 5.41) is 0. The number of hydrogen-bond donors (Lipinski definition) is 0. The van der Waals surface area contributed by atoms with E-state index in [4.69, 9.17) is 9.47 Å². The third-order valence-corrected chi connectivity index (χ3v) is 3.27. The van der Waals surface area contributed by atoms with Crippen LogP contribution in [0.25, 0.3) is 0 Å². The highest BCUT2D eigenvalue weighted by atomic mass is 79.9. The lowest BCUT2D eigenvalue weighted by molar-refractivity contribution is 0.367. The van der Waals surface area contributed by atoms with Gasteiger partial charge in [-0.3, -0.25) is 0 Å². The number of rotatable bonds is 3. The second-order valence-corrected chi connectivity index (χ2v) is 5.35. The van der Waals surface area contributed by atoms with E-state index in [1.54, 1.807) is 7.11 Å². The first-order valence-corrected chi connectivity index (χ1v) is 6.77. The first kappa shape index (κ1) is 13.9. The van der Waals surface area contributed by atoms with Gasteiger partial charge in [0.2, 0.25) is 0 Å². The smallest absolute Gasteiger partial charge is 0.262 e. The van der Waals surface area contributed by atoms with Crippen molar-refractivity contribution in [3.63, 3.8) is 0 Å². The molecule has 0 fully saturated rings. The van der Waals surface area contributed by atoms with Gasteiger partial charge < -0.3 is 9.47 Å². The second kappa shape index (κ2) is 5.61. The minimum Gasteiger partial charge on any atom is -0.491 e. The number of aromatic nitrogens is 1. The van der Waals surface area contributed by atoms with E-state index in [1.807, 2.05) is 45.0 Å². The van der Waals surface area contributed by atoms with Crippen LogP contribution in [0.15, 0.2) is 28.7 Å². The Morgan fingerprint density at radius 1 is 1.05 bits per heavy atom. The Kier molecular flexibility index (Phi) is 4.10. The minimum atomic E-state index is 0.496. The van der Waals surface area contributed by atoms with Crippen molar-refractivity contribution in [2.75, 3.05) is 7.11 Å². The van der Waals surface area contributed by atoms with E-state index >= 15 is 0 Å². The molecule has 0 N–H and O–H groups in total. The molecule has 0 radical (unpaired) electrons. The largest absolute Gasteiger partial charge is 0.491 e. The van der Waals surface area contributed by atoms with Crippen LogP contribution in [-0.4, -0.2) is 12.1 Å². The van der Waals surface area contributed by atoms with Crippen LogP contribution in [0.4, 0.5) is 0 Å². The van der Waals surface area contributed by atoms with Crippen molar-refractivity contribution in [2.24, 2.45) is 0 Å². The monoisotopic (exact) mass is 321 g/mol. The summed E-state index contributed by atoms with van der Waals surface area (Å²) in [5.74, 6) is 1.95. The van der Waals surface area contributed by atoms with Gasteiger partial charge in [-0.15, -0.1) is 0 Å². The molecule has 1 aromatic heterocycles. The molecule has 4 heteroatoms. The Labute approximate surface area is 121 Å². The average Bonchev–Trinajstić information content (AvgIpc) is 2.34. The maximum Gasteiger partial charge on any atom is 0.262 e. The zero-order chi connectivity index (χ0) is 14.0. The number of benzene rings is 1. The van der Waals surface area contributed by atoms with Crippen molar-refractivity contribution in [3.8, 4) is 17.4 Å². The minimum absolute atomic E-state index is 0.496. The van der Waals surface area contributed by atoms with Gasteiger partial charge in [-0.1, -0.05) is 15.9 Å². The molecule has 0 atom stereocenters. The third-order valence-electron chi connectivity index (χ3n) is 2.81. The topological polar surface area (TPSA) is 31.4 Å². The zero-order valence-electron chi connectivity index (χ0n) is 11.5. The fraction of sp³-hybridized carbons (Fsp3) is 0.267. The summed E-state index contributed by atoms with van der Waals surface area (Å²) in [6.07, 6.45) is 0. The fourth-order valence-electron chi connectivity index (χ4n) is 1.90. The molecule has 0 aliphatic rings. The number of pyridine rings is 1. The molecule has 2 aromatic rings. The Bertz CT molecular complexity index is 588. The van der Waals surface area contributed by atoms with Crippen molar-refractivity contribution in [1.29, 1.82) is 0 Å². The van der Waals surface area contributed by atoms with Crippen LogP contribution in [0.3, 0.4) is 0 Å². The van der Waals surface area contributed by atoms with Crippen molar-refractivity contribution in [3.05, 3.63) is 45.6 Å². The number of nitrogens with zero attached hydrogens (tertiary/aromatic N) is 1. The van der Waals surface area contributed by atoms with Crippen LogP contribution in [-0.2, 0) is 0 Å². The summed E-state index contributed by atoms with van der Waals surface area (Å²) >= 11 is 3.48. The standard InChI is InChI=1S/C15H16BrNO2/c1-9-7-12(16)8-10(2)14(9)19-15-13(18-4)6-5-11(3)17-15/h5-8H,1-4H3. The van der Waals surface area contributed by atoms with E-state index in [1.165, 1.54) is 0 Å². The molecule has 0 spiro atoms. The van der Waals surface area contributed by atoms with E-state index in [0.717, 1.165) is 27.0 Å². The first-order valence-electron chi connectivity index (χ1n) is 5.97. The predicted octanol–water partition coefficient (Wildman–Crippen LogP) is 4.57. The van der Waals surface area contributed by atoms with E-state index in [2.05, 4.69) is 20.9 Å². The average molecular weight is 322 g/mol. The molecule has 19 heavy (non-hydrogen) atoms. The molecular weight excluding hydrogens is 306 g/mol. The van der Waals surface area contributed by atoms with Crippen molar-refractivity contribution >= 4 is 15.9 Å². The summed E-state index contributed by atoms with van der Waals surface area (Å²) < 4.78 is 12.3. The van der Waals surface area contributed by atoms with Crippen LogP contribution >= 0.6 is 15.9 Å². The van der Waals surface area contributed by atoms with Gasteiger partial charge in [0.15, 0.2) is 5.75 Å². The SMILES string of the molecule is COc1ccc(C)nc1Oc1c(C)cc(Br)cc1C. The number of aryl methyl sites for hydroxylation is 3. The van der Waals surface area contributed by atoms with Crippen molar-refractivity contribution < 1.29 is 9.47 Å². The van der Waals surface area contributed by atoms with Crippen molar-refractivity contribution in [2.45, 2.75) is 20.8 Å². The number of halogens is 1. The van der Waals surface area contributed by atoms with E-state index in [9.17, 15) is 0 Å². The van der Waals surface area contributed by atoms with Crippen LogP contribution in [0.1, 0.15) is 16.8 Å². The molecule has 0 saturated heterocycles. The molecule has 0 aliphatic carbocycles. The molecule has 0 amide bonds. The normalized spacial score (nSPS) is 10.4. The summed E-state index contributed by atoms with van der Waals surface area (Å²) in [5.41, 5.74) is 3.00. The lowest BCUT2D eigenvalue weighted by Crippen LogP contribution is -1.97. The maximum atomic E-state index is 5.94. The van der Waals surface area contributed by atoms with Crippen LogP contribution in [0.5, 0.6) is 17.4 Å². The quantitative estimate of drug-likeness (QED) is 0.829. The van der Waals surface area contributed by atoms with Gasteiger partial charge in [0.1, 0.15) is 5.75 Å². The molecule has 0 bridgehead atoms.